The zero-order valence-corrected chi connectivity index (χ0v) is 37.5. The highest BCUT2D eigenvalue weighted by Crippen LogP contribution is 2.46. The molecule has 0 aliphatic heterocycles. The Morgan fingerprint density at radius 2 is 1.49 bits per heavy atom. The minimum Gasteiger partial charge on any atom is -0.493 e. The molecule has 0 aromatic heterocycles. The Kier molecular flexibility index (Phi) is 21.2. The third kappa shape index (κ3) is 15.8. The number of ether oxygens (including phenoxy) is 3. The molecule has 5 atom stereocenters. The van der Waals surface area contributed by atoms with Gasteiger partial charge in [0.2, 0.25) is 20.9 Å². The van der Waals surface area contributed by atoms with Gasteiger partial charge in [0.05, 0.1) is 24.0 Å². The van der Waals surface area contributed by atoms with E-state index in [1.807, 2.05) is 67.6 Å². The number of benzene rings is 1. The molecule has 13 heteroatoms. The van der Waals surface area contributed by atoms with Crippen LogP contribution in [0.4, 0.5) is 0 Å². The average molecular weight is 792 g/mol. The van der Waals surface area contributed by atoms with Gasteiger partial charge in [0, 0.05) is 51.1 Å². The minimum atomic E-state index is -1.48. The number of methoxy groups -OCH3 is 1. The van der Waals surface area contributed by atoms with E-state index in [1.54, 1.807) is 39.3 Å². The van der Waals surface area contributed by atoms with Crippen LogP contribution in [0.15, 0.2) is 24.3 Å². The molecule has 1 aromatic rings. The van der Waals surface area contributed by atoms with Crippen molar-refractivity contribution in [2.45, 2.75) is 126 Å². The molecule has 1 rings (SSSR count). The van der Waals surface area contributed by atoms with E-state index in [1.165, 1.54) is 0 Å². The van der Waals surface area contributed by atoms with Gasteiger partial charge < -0.3 is 40.3 Å². The smallest absolute Gasteiger partial charge is 0.309 e. The van der Waals surface area contributed by atoms with Gasteiger partial charge >= 0.3 is 5.97 Å². The summed E-state index contributed by atoms with van der Waals surface area (Å²) in [6.45, 7) is 24.9. The fourth-order valence-corrected chi connectivity index (χ4v) is 7.95. The van der Waals surface area contributed by atoms with Gasteiger partial charge in [-0.3, -0.25) is 19.2 Å². The Bertz CT molecular complexity index is 1350. The SMILES string of the molecule is CNC(=O)C(C)CNC(=O)[C@@H](CC[C@@H](C[C@H](C(C)C)C(NC(=O)c1ccccc1OCCCCOC)(O[Si](C)C)C(C)(C)CN)C(=O)OC(C)(C)C)C(C)C. The number of para-hydroxylation sites is 1. The molecule has 12 nitrogen and oxygen atoms in total. The highest BCUT2D eigenvalue weighted by Gasteiger charge is 2.54. The molecule has 1 aromatic carbocycles. The van der Waals surface area contributed by atoms with Crippen LogP contribution in [0, 0.1) is 40.9 Å². The van der Waals surface area contributed by atoms with E-state index in [0.29, 0.717) is 43.8 Å². The standard InChI is InChI=1S/C42H75N4O8Si/c1-28(2)32(37(48)45-26-30(5)36(47)44-11)22-21-31(39(50)53-40(6,7)8)25-34(29(3)4)42(54-55(13)14,41(9,10)27-43)46-38(49)33-19-15-16-20-35(33)52-24-18-17-23-51-12/h15-16,19-20,28-32,34H,17-18,21-27,43H2,1-14H3,(H,44,47)(H,45,48)(H,46,49)/t30?,31-,32-,34+,42?/m0/s1. The van der Waals surface area contributed by atoms with Crippen LogP contribution in [-0.2, 0) is 28.3 Å². The Labute approximate surface area is 334 Å². The molecule has 0 aliphatic carbocycles. The molecule has 0 fully saturated rings. The van der Waals surface area contributed by atoms with E-state index in [-0.39, 0.29) is 54.5 Å². The van der Waals surface area contributed by atoms with Gasteiger partial charge in [0.25, 0.3) is 5.91 Å². The Morgan fingerprint density at radius 1 is 0.873 bits per heavy atom. The monoisotopic (exact) mass is 792 g/mol. The van der Waals surface area contributed by atoms with Gasteiger partial charge in [-0.05, 0) is 89.9 Å². The largest absolute Gasteiger partial charge is 0.493 e. The molecule has 5 N–H and O–H groups in total. The first-order valence-corrected chi connectivity index (χ1v) is 22.4. The fourth-order valence-electron chi connectivity index (χ4n) is 6.83. The molecule has 0 bridgehead atoms. The highest BCUT2D eigenvalue weighted by molar-refractivity contribution is 6.48. The topological polar surface area (TPSA) is 167 Å². The summed E-state index contributed by atoms with van der Waals surface area (Å²) < 4.78 is 24.3. The van der Waals surface area contributed by atoms with Crippen molar-refractivity contribution in [1.82, 2.24) is 16.0 Å². The van der Waals surface area contributed by atoms with Crippen molar-refractivity contribution in [2.24, 2.45) is 46.7 Å². The molecule has 1 radical (unpaired) electrons. The van der Waals surface area contributed by atoms with Gasteiger partial charge in [0.15, 0.2) is 0 Å². The van der Waals surface area contributed by atoms with Crippen LogP contribution in [0.25, 0.3) is 0 Å². The third-order valence-corrected chi connectivity index (χ3v) is 10.9. The molecule has 0 spiro atoms. The first kappa shape index (κ1) is 50.0. The van der Waals surface area contributed by atoms with Gasteiger partial charge in [-0.1, -0.05) is 60.6 Å². The van der Waals surface area contributed by atoms with Crippen molar-refractivity contribution in [1.29, 1.82) is 0 Å². The van der Waals surface area contributed by atoms with Crippen LogP contribution in [0.2, 0.25) is 13.1 Å². The summed E-state index contributed by atoms with van der Waals surface area (Å²) in [5, 5.41) is 8.95. The quantitative estimate of drug-likeness (QED) is 0.0383. The van der Waals surface area contributed by atoms with Crippen LogP contribution in [0.1, 0.15) is 112 Å². The van der Waals surface area contributed by atoms with Gasteiger partial charge in [-0.15, -0.1) is 0 Å². The summed E-state index contributed by atoms with van der Waals surface area (Å²) in [5.41, 5.74) is 4.08. The Hall–Kier alpha value is -3.00. The summed E-state index contributed by atoms with van der Waals surface area (Å²) in [4.78, 5) is 54.4. The number of esters is 1. The lowest BCUT2D eigenvalue weighted by Crippen LogP contribution is -2.68. The number of nitrogens with two attached hydrogens (primary N) is 1. The molecule has 2 unspecified atom stereocenters. The molecule has 0 saturated heterocycles. The molecule has 0 saturated carbocycles. The van der Waals surface area contributed by atoms with Crippen LogP contribution >= 0.6 is 0 Å². The number of hydrogen-bond acceptors (Lipinski definition) is 9. The number of rotatable bonds is 25. The van der Waals surface area contributed by atoms with Gasteiger partial charge in [-0.25, -0.2) is 0 Å². The molecule has 55 heavy (non-hydrogen) atoms. The number of unbranched alkanes of at least 4 members (excludes halogenated alkanes) is 1. The van der Waals surface area contributed by atoms with E-state index < -0.39 is 43.5 Å². The summed E-state index contributed by atoms with van der Waals surface area (Å²) in [7, 11) is 1.75. The maximum atomic E-state index is 14.5. The first-order valence-electron chi connectivity index (χ1n) is 20.0. The lowest BCUT2D eigenvalue weighted by atomic mass is 9.66. The summed E-state index contributed by atoms with van der Waals surface area (Å²) in [6, 6.07) is 7.17. The first-order chi connectivity index (χ1) is 25.6. The van der Waals surface area contributed by atoms with Gasteiger partial charge in [-0.2, -0.15) is 0 Å². The Balaban J connectivity index is 3.73. The summed E-state index contributed by atoms with van der Waals surface area (Å²) in [5.74, 6) is -2.53. The lowest BCUT2D eigenvalue weighted by molar-refractivity contribution is -0.165. The molecular formula is C42H75N4O8Si. The van der Waals surface area contributed by atoms with Gasteiger partial charge in [0.1, 0.15) is 17.1 Å². The summed E-state index contributed by atoms with van der Waals surface area (Å²) >= 11 is 0. The van der Waals surface area contributed by atoms with Crippen molar-refractivity contribution >= 4 is 32.7 Å². The van der Waals surface area contributed by atoms with Crippen LogP contribution in [0.3, 0.4) is 0 Å². The van der Waals surface area contributed by atoms with E-state index in [9.17, 15) is 19.2 Å². The van der Waals surface area contributed by atoms with Crippen molar-refractivity contribution < 1.29 is 37.8 Å². The van der Waals surface area contributed by atoms with Crippen molar-refractivity contribution in [3.05, 3.63) is 29.8 Å². The zero-order valence-electron chi connectivity index (χ0n) is 36.5. The summed E-state index contributed by atoms with van der Waals surface area (Å²) in [6.07, 6.45) is 2.69. The number of hydrogen-bond donors (Lipinski definition) is 4. The number of carbonyl (C=O) groups is 4. The van der Waals surface area contributed by atoms with E-state index in [0.717, 1.165) is 12.8 Å². The van der Waals surface area contributed by atoms with Crippen LogP contribution in [0.5, 0.6) is 5.75 Å². The van der Waals surface area contributed by atoms with Crippen LogP contribution in [-0.4, -0.2) is 84.5 Å². The third-order valence-electron chi connectivity index (χ3n) is 10.2. The molecular weight excluding hydrogens is 717 g/mol. The molecule has 315 valence electrons. The second kappa shape index (κ2) is 23.3. The van der Waals surface area contributed by atoms with E-state index >= 15 is 0 Å². The second-order valence-electron chi connectivity index (χ2n) is 17.3. The van der Waals surface area contributed by atoms with Crippen molar-refractivity contribution in [3.8, 4) is 5.75 Å². The highest BCUT2D eigenvalue weighted by atomic mass is 28.3. The van der Waals surface area contributed by atoms with Crippen molar-refractivity contribution in [2.75, 3.05) is 40.5 Å². The molecule has 0 aliphatic rings. The maximum Gasteiger partial charge on any atom is 0.309 e. The second-order valence-corrected chi connectivity index (χ2v) is 19.4. The van der Waals surface area contributed by atoms with E-state index in [2.05, 4.69) is 29.8 Å². The predicted octanol–water partition coefficient (Wildman–Crippen LogP) is 6.34. The maximum absolute atomic E-state index is 14.5. The number of amides is 3. The van der Waals surface area contributed by atoms with Crippen molar-refractivity contribution in [3.63, 3.8) is 0 Å². The Morgan fingerprint density at radius 3 is 2.02 bits per heavy atom. The lowest BCUT2D eigenvalue weighted by Gasteiger charge is -2.54. The predicted molar refractivity (Wildman–Crippen MR) is 221 cm³/mol. The molecule has 3 amide bonds. The molecule has 0 heterocycles. The zero-order chi connectivity index (χ0) is 42.1. The fraction of sp³-hybridized carbons (Fsp3) is 0.762. The number of nitrogens with one attached hydrogen (secondary N) is 3. The van der Waals surface area contributed by atoms with E-state index in [4.69, 9.17) is 24.4 Å². The van der Waals surface area contributed by atoms with Crippen LogP contribution < -0.4 is 26.4 Å². The normalized spacial score (nSPS) is 15.5. The number of carbonyl (C=O) groups excluding carboxylic acids is 4. The minimum absolute atomic E-state index is 0.0269. The average Bonchev–Trinajstić information content (AvgIpc) is 3.09.